The monoisotopic (exact) mass is 357 g/mol. The van der Waals surface area contributed by atoms with Gasteiger partial charge in [-0.1, -0.05) is 0 Å². The number of anilines is 2. The minimum Gasteiger partial charge on any atom is -0.493 e. The zero-order valence-electron chi connectivity index (χ0n) is 14.3. The van der Waals surface area contributed by atoms with Crippen molar-refractivity contribution in [1.29, 1.82) is 0 Å². The summed E-state index contributed by atoms with van der Waals surface area (Å²) in [5.41, 5.74) is 7.33. The van der Waals surface area contributed by atoms with Crippen molar-refractivity contribution in [3.05, 3.63) is 48.5 Å². The molecule has 0 unspecified atom stereocenters. The van der Waals surface area contributed by atoms with Crippen LogP contribution in [0.25, 0.3) is 11.3 Å². The summed E-state index contributed by atoms with van der Waals surface area (Å²) in [5.74, 6) is 0.664. The highest BCUT2D eigenvalue weighted by Crippen LogP contribution is 2.40. The summed E-state index contributed by atoms with van der Waals surface area (Å²) in [6.07, 6.45) is 4.05. The van der Waals surface area contributed by atoms with Gasteiger partial charge < -0.3 is 20.5 Å². The number of nitrogens with one attached hydrogen (secondary N) is 2. The van der Waals surface area contributed by atoms with Crippen LogP contribution in [0.3, 0.4) is 0 Å². The molecule has 3 aromatic rings. The fourth-order valence-electron chi connectivity index (χ4n) is 2.48. The highest BCUT2D eigenvalue weighted by molar-refractivity contribution is 5.76. The number of nitrogens with zero attached hydrogens (tertiary/aromatic N) is 2. The van der Waals surface area contributed by atoms with Gasteiger partial charge in [0.1, 0.15) is 5.75 Å². The second-order valence-electron chi connectivity index (χ2n) is 5.48. The van der Waals surface area contributed by atoms with E-state index in [9.17, 15) is 4.39 Å². The molecule has 8 heteroatoms. The van der Waals surface area contributed by atoms with E-state index in [0.717, 1.165) is 5.69 Å². The molecular weight excluding hydrogens is 337 g/mol. The van der Waals surface area contributed by atoms with E-state index in [4.69, 9.17) is 15.2 Å². The molecule has 0 bridgehead atoms. The lowest BCUT2D eigenvalue weighted by Crippen LogP contribution is -2.07. The molecule has 0 aliphatic heterocycles. The maximum atomic E-state index is 14.2. The highest BCUT2D eigenvalue weighted by Gasteiger charge is 2.19. The number of aromatic amines is 1. The lowest BCUT2D eigenvalue weighted by molar-refractivity contribution is 0.310. The Morgan fingerprint density at radius 2 is 2.19 bits per heavy atom. The molecule has 26 heavy (non-hydrogen) atoms. The lowest BCUT2D eigenvalue weighted by Gasteiger charge is -2.14. The van der Waals surface area contributed by atoms with Gasteiger partial charge in [0, 0.05) is 12.3 Å². The number of pyridine rings is 1. The molecule has 4 N–H and O–H groups in total. The smallest absolute Gasteiger partial charge is 0.167 e. The van der Waals surface area contributed by atoms with Crippen LogP contribution in [0.5, 0.6) is 11.5 Å². The first-order chi connectivity index (χ1) is 12.7. The zero-order valence-corrected chi connectivity index (χ0v) is 14.3. The number of methoxy groups -OCH3 is 1. The van der Waals surface area contributed by atoms with E-state index >= 15 is 0 Å². The van der Waals surface area contributed by atoms with E-state index in [1.54, 1.807) is 24.5 Å². The van der Waals surface area contributed by atoms with Crippen molar-refractivity contribution in [2.75, 3.05) is 25.6 Å². The minimum atomic E-state index is -0.481. The second kappa shape index (κ2) is 8.30. The van der Waals surface area contributed by atoms with Crippen LogP contribution in [0.4, 0.5) is 15.9 Å². The molecule has 2 heterocycles. The van der Waals surface area contributed by atoms with E-state index in [1.165, 1.54) is 13.2 Å². The van der Waals surface area contributed by atoms with E-state index < -0.39 is 5.82 Å². The van der Waals surface area contributed by atoms with E-state index in [0.29, 0.717) is 42.4 Å². The number of hydrogen-bond donors (Lipinski definition) is 3. The number of ether oxygens (including phenoxy) is 2. The third-order valence-electron chi connectivity index (χ3n) is 3.66. The van der Waals surface area contributed by atoms with Gasteiger partial charge in [-0.2, -0.15) is 5.10 Å². The summed E-state index contributed by atoms with van der Waals surface area (Å²) in [7, 11) is 1.41. The van der Waals surface area contributed by atoms with Crippen LogP contribution in [0.2, 0.25) is 0 Å². The fourth-order valence-corrected chi connectivity index (χ4v) is 2.48. The van der Waals surface area contributed by atoms with Crippen LogP contribution in [-0.4, -0.2) is 35.4 Å². The average molecular weight is 357 g/mol. The third-order valence-corrected chi connectivity index (χ3v) is 3.66. The summed E-state index contributed by atoms with van der Waals surface area (Å²) in [4.78, 5) is 4.04. The molecule has 3 rings (SSSR count). The largest absolute Gasteiger partial charge is 0.493 e. The predicted molar refractivity (Wildman–Crippen MR) is 97.2 cm³/mol. The van der Waals surface area contributed by atoms with Crippen molar-refractivity contribution in [1.82, 2.24) is 15.2 Å². The van der Waals surface area contributed by atoms with Gasteiger partial charge in [0.05, 0.1) is 36.9 Å². The Kier molecular flexibility index (Phi) is 5.65. The lowest BCUT2D eigenvalue weighted by atomic mass is 10.1. The van der Waals surface area contributed by atoms with E-state index in [1.807, 2.05) is 12.1 Å². The number of H-pyrrole nitrogens is 1. The zero-order chi connectivity index (χ0) is 18.4. The maximum Gasteiger partial charge on any atom is 0.167 e. The Hall–Kier alpha value is -3.13. The number of benzene rings is 1. The molecule has 0 fully saturated rings. The number of nitrogens with two attached hydrogens (primary N) is 1. The Labute approximate surface area is 150 Å². The molecule has 0 amide bonds. The minimum absolute atomic E-state index is 0.0897. The molecule has 0 atom stereocenters. The normalized spacial score (nSPS) is 10.6. The van der Waals surface area contributed by atoms with Crippen LogP contribution < -0.4 is 20.5 Å². The molecule has 0 radical (unpaired) electrons. The SMILES string of the molecule is COc1c(F)ccc(OCCCN)c1-c1cc(Nc2cccnc2)n[nH]1. The number of halogens is 1. The second-order valence-corrected chi connectivity index (χ2v) is 5.48. The quantitative estimate of drug-likeness (QED) is 0.536. The van der Waals surface area contributed by atoms with Crippen molar-refractivity contribution < 1.29 is 13.9 Å². The molecule has 136 valence electrons. The number of hydrogen-bond acceptors (Lipinski definition) is 6. The molecule has 7 nitrogen and oxygen atoms in total. The molecule has 2 aromatic heterocycles. The van der Waals surface area contributed by atoms with Gasteiger partial charge in [-0.15, -0.1) is 0 Å². The number of aromatic nitrogens is 3. The Bertz CT molecular complexity index is 854. The van der Waals surface area contributed by atoms with Gasteiger partial charge in [0.25, 0.3) is 0 Å². The predicted octanol–water partition coefficient (Wildman–Crippen LogP) is 3.09. The molecule has 0 spiro atoms. The van der Waals surface area contributed by atoms with Gasteiger partial charge in [-0.05, 0) is 37.2 Å². The topological polar surface area (TPSA) is 98.1 Å². The van der Waals surface area contributed by atoms with Crippen molar-refractivity contribution in [3.8, 4) is 22.8 Å². The van der Waals surface area contributed by atoms with Gasteiger partial charge in [-0.25, -0.2) is 4.39 Å². The molecule has 0 saturated heterocycles. The third kappa shape index (κ3) is 3.92. The molecule has 0 saturated carbocycles. The van der Waals surface area contributed by atoms with E-state index in [-0.39, 0.29) is 5.75 Å². The van der Waals surface area contributed by atoms with Crippen molar-refractivity contribution in [2.45, 2.75) is 6.42 Å². The first kappa shape index (κ1) is 17.7. The van der Waals surface area contributed by atoms with Crippen LogP contribution in [0, 0.1) is 5.82 Å². The highest BCUT2D eigenvalue weighted by atomic mass is 19.1. The average Bonchev–Trinajstić information content (AvgIpc) is 3.11. The fraction of sp³-hybridized carbons (Fsp3) is 0.222. The van der Waals surface area contributed by atoms with Crippen LogP contribution in [-0.2, 0) is 0 Å². The van der Waals surface area contributed by atoms with Crippen molar-refractivity contribution in [2.24, 2.45) is 5.73 Å². The number of rotatable bonds is 8. The molecule has 0 aliphatic rings. The first-order valence-corrected chi connectivity index (χ1v) is 8.15. The molecular formula is C18H20FN5O2. The van der Waals surface area contributed by atoms with E-state index in [2.05, 4.69) is 20.5 Å². The first-order valence-electron chi connectivity index (χ1n) is 8.15. The standard InChI is InChI=1S/C18H20FN5O2/c1-25-18-13(19)5-6-15(26-9-3-7-20)17(18)14-10-16(24-23-14)22-12-4-2-8-21-11-12/h2,4-6,8,10-11H,3,7,9,20H2,1H3,(H2,22,23,24). The van der Waals surface area contributed by atoms with Gasteiger partial charge in [0.2, 0.25) is 0 Å². The van der Waals surface area contributed by atoms with Gasteiger partial charge >= 0.3 is 0 Å². The summed E-state index contributed by atoms with van der Waals surface area (Å²) in [5, 5.41) is 10.2. The summed E-state index contributed by atoms with van der Waals surface area (Å²) in [6, 6.07) is 8.31. The van der Waals surface area contributed by atoms with Crippen LogP contribution in [0.1, 0.15) is 6.42 Å². The summed E-state index contributed by atoms with van der Waals surface area (Å²) in [6.45, 7) is 0.935. The molecule has 1 aromatic carbocycles. The Morgan fingerprint density at radius 1 is 1.31 bits per heavy atom. The van der Waals surface area contributed by atoms with Gasteiger partial charge in [0.15, 0.2) is 17.4 Å². The summed E-state index contributed by atoms with van der Waals surface area (Å²) >= 11 is 0. The van der Waals surface area contributed by atoms with Crippen molar-refractivity contribution >= 4 is 11.5 Å². The van der Waals surface area contributed by atoms with Gasteiger partial charge in [-0.3, -0.25) is 10.1 Å². The van der Waals surface area contributed by atoms with Crippen LogP contribution in [0.15, 0.2) is 42.7 Å². The van der Waals surface area contributed by atoms with Crippen molar-refractivity contribution in [3.63, 3.8) is 0 Å². The van der Waals surface area contributed by atoms with Crippen LogP contribution >= 0.6 is 0 Å². The Balaban J connectivity index is 1.93. The Morgan fingerprint density at radius 3 is 2.92 bits per heavy atom. The summed E-state index contributed by atoms with van der Waals surface area (Å²) < 4.78 is 25.2. The maximum absolute atomic E-state index is 14.2. The molecule has 0 aliphatic carbocycles.